The largest absolute Gasteiger partial charge is 0.481 e. The maximum atomic E-state index is 12.6. The molecule has 2 amide bonds. The number of thioether (sulfide) groups is 1. The number of thiazole rings is 1. The average molecular weight is 384 g/mol. The van der Waals surface area contributed by atoms with E-state index in [0.29, 0.717) is 22.6 Å². The zero-order valence-corrected chi connectivity index (χ0v) is 15.0. The summed E-state index contributed by atoms with van der Waals surface area (Å²) in [5, 5.41) is 8.71. The zero-order chi connectivity index (χ0) is 18.3. The van der Waals surface area contributed by atoms with Crippen LogP contribution in [-0.4, -0.2) is 33.6 Å². The van der Waals surface area contributed by atoms with E-state index < -0.39 is 5.97 Å². The van der Waals surface area contributed by atoms with Gasteiger partial charge in [0.15, 0.2) is 4.34 Å². The van der Waals surface area contributed by atoms with Crippen molar-refractivity contribution in [3.8, 4) is 0 Å². The summed E-state index contributed by atoms with van der Waals surface area (Å²) >= 11 is 2.80. The molecule has 2 heterocycles. The van der Waals surface area contributed by atoms with Gasteiger partial charge in [-0.1, -0.05) is 23.9 Å². The van der Waals surface area contributed by atoms with Crippen molar-refractivity contribution >= 4 is 56.8 Å². The van der Waals surface area contributed by atoms with Crippen LogP contribution >= 0.6 is 23.1 Å². The topological polar surface area (TPSA) is 87.6 Å². The van der Waals surface area contributed by atoms with Crippen LogP contribution in [0.3, 0.4) is 0 Å². The predicted octanol–water partition coefficient (Wildman–Crippen LogP) is 3.66. The highest BCUT2D eigenvalue weighted by Gasteiger charge is 2.36. The molecule has 0 unspecified atom stereocenters. The maximum absolute atomic E-state index is 12.6. The summed E-state index contributed by atoms with van der Waals surface area (Å²) in [5.41, 5.74) is 2.08. The molecule has 0 saturated carbocycles. The number of fused-ring (bicyclic) bond motifs is 2. The average Bonchev–Trinajstić information content (AvgIpc) is 3.13. The summed E-state index contributed by atoms with van der Waals surface area (Å²) in [5.74, 6) is -1.05. The molecule has 0 aliphatic carbocycles. The molecule has 0 atom stereocenters. The minimum atomic E-state index is -0.841. The van der Waals surface area contributed by atoms with Gasteiger partial charge in [-0.05, 0) is 30.3 Å². The van der Waals surface area contributed by atoms with Crippen molar-refractivity contribution in [3.63, 3.8) is 0 Å². The van der Waals surface area contributed by atoms with E-state index in [2.05, 4.69) is 4.98 Å². The highest BCUT2D eigenvalue weighted by atomic mass is 32.2. The molecular formula is C18H12N2O4S2. The molecule has 4 rings (SSSR count). The second-order valence-electron chi connectivity index (χ2n) is 5.62. The zero-order valence-electron chi connectivity index (χ0n) is 13.3. The lowest BCUT2D eigenvalue weighted by Crippen LogP contribution is -2.29. The van der Waals surface area contributed by atoms with Crippen LogP contribution in [0, 0.1) is 0 Å². The molecular weight excluding hydrogens is 372 g/mol. The van der Waals surface area contributed by atoms with Crippen molar-refractivity contribution in [1.29, 1.82) is 0 Å². The molecule has 1 N–H and O–H groups in total. The Morgan fingerprint density at radius 2 is 1.81 bits per heavy atom. The molecule has 1 aliphatic heterocycles. The third kappa shape index (κ3) is 2.87. The summed E-state index contributed by atoms with van der Waals surface area (Å²) in [6.45, 7) is 0. The minimum absolute atomic E-state index is 0.0703. The first-order valence-corrected chi connectivity index (χ1v) is 9.58. The molecule has 1 aromatic heterocycles. The van der Waals surface area contributed by atoms with Crippen LogP contribution in [0.4, 0.5) is 5.69 Å². The highest BCUT2D eigenvalue weighted by molar-refractivity contribution is 8.01. The molecule has 2 aromatic carbocycles. The van der Waals surface area contributed by atoms with E-state index in [0.717, 1.165) is 14.6 Å². The van der Waals surface area contributed by atoms with Gasteiger partial charge < -0.3 is 5.11 Å². The van der Waals surface area contributed by atoms with Crippen molar-refractivity contribution in [1.82, 2.24) is 4.98 Å². The van der Waals surface area contributed by atoms with Crippen molar-refractivity contribution in [2.45, 2.75) is 10.8 Å². The third-order valence-corrected chi connectivity index (χ3v) is 6.11. The van der Waals surface area contributed by atoms with Crippen LogP contribution in [0.15, 0.2) is 46.8 Å². The molecule has 6 nitrogen and oxygen atoms in total. The smallest absolute Gasteiger partial charge is 0.304 e. The number of carboxylic acids is 1. The lowest BCUT2D eigenvalue weighted by atomic mass is 10.1. The monoisotopic (exact) mass is 384 g/mol. The third-order valence-electron chi connectivity index (χ3n) is 3.95. The molecule has 26 heavy (non-hydrogen) atoms. The van der Waals surface area contributed by atoms with Gasteiger partial charge in [0, 0.05) is 5.75 Å². The minimum Gasteiger partial charge on any atom is -0.481 e. The van der Waals surface area contributed by atoms with E-state index in [1.54, 1.807) is 42.5 Å². The number of nitrogens with zero attached hydrogens (tertiary/aromatic N) is 2. The van der Waals surface area contributed by atoms with Gasteiger partial charge in [-0.25, -0.2) is 9.88 Å². The summed E-state index contributed by atoms with van der Waals surface area (Å²) in [7, 11) is 0. The fraction of sp³-hybridized carbons (Fsp3) is 0.111. The van der Waals surface area contributed by atoms with Crippen LogP contribution in [0.2, 0.25) is 0 Å². The molecule has 130 valence electrons. The fourth-order valence-electron chi connectivity index (χ4n) is 2.74. The normalized spacial score (nSPS) is 13.5. The Kier molecular flexibility index (Phi) is 4.21. The number of amides is 2. The van der Waals surface area contributed by atoms with E-state index in [1.165, 1.54) is 28.0 Å². The van der Waals surface area contributed by atoms with E-state index in [1.807, 2.05) is 0 Å². The quantitative estimate of drug-likeness (QED) is 0.533. The number of hydrogen-bond acceptors (Lipinski definition) is 6. The first-order valence-electron chi connectivity index (χ1n) is 7.77. The fourth-order valence-corrected chi connectivity index (χ4v) is 4.84. The second kappa shape index (κ2) is 6.54. The molecule has 0 spiro atoms. The van der Waals surface area contributed by atoms with Crippen molar-refractivity contribution in [2.24, 2.45) is 0 Å². The predicted molar refractivity (Wildman–Crippen MR) is 100 cm³/mol. The van der Waals surface area contributed by atoms with Crippen LogP contribution in [0.25, 0.3) is 10.2 Å². The Morgan fingerprint density at radius 3 is 2.46 bits per heavy atom. The maximum Gasteiger partial charge on any atom is 0.304 e. The first-order chi connectivity index (χ1) is 12.5. The van der Waals surface area contributed by atoms with Gasteiger partial charge in [0.25, 0.3) is 11.8 Å². The van der Waals surface area contributed by atoms with Crippen LogP contribution in [-0.2, 0) is 4.79 Å². The lowest BCUT2D eigenvalue weighted by Gasteiger charge is -2.13. The van der Waals surface area contributed by atoms with E-state index in [-0.39, 0.29) is 18.2 Å². The van der Waals surface area contributed by atoms with Crippen LogP contribution in [0.5, 0.6) is 0 Å². The standard InChI is InChI=1S/C18H12N2O4S2/c21-15(22)7-8-25-18-19-13-6-5-10(9-14(13)26-18)20-16(23)11-3-1-2-4-12(11)17(20)24/h1-6,9H,7-8H2,(H,21,22). The van der Waals surface area contributed by atoms with E-state index in [9.17, 15) is 14.4 Å². The van der Waals surface area contributed by atoms with Crippen molar-refractivity contribution < 1.29 is 19.5 Å². The molecule has 1 aliphatic rings. The van der Waals surface area contributed by atoms with Gasteiger partial charge in [0.2, 0.25) is 0 Å². The van der Waals surface area contributed by atoms with Gasteiger partial charge in [0.1, 0.15) is 0 Å². The van der Waals surface area contributed by atoms with Crippen molar-refractivity contribution in [2.75, 3.05) is 10.7 Å². The Hall–Kier alpha value is -2.71. The van der Waals surface area contributed by atoms with Gasteiger partial charge in [-0.15, -0.1) is 11.3 Å². The molecule has 3 aromatic rings. The number of benzene rings is 2. The number of carboxylic acid groups (broad SMARTS) is 1. The number of carbonyl (C=O) groups excluding carboxylic acids is 2. The lowest BCUT2D eigenvalue weighted by molar-refractivity contribution is -0.136. The summed E-state index contributed by atoms with van der Waals surface area (Å²) in [6.07, 6.45) is 0.0703. The number of hydrogen-bond donors (Lipinski definition) is 1. The first kappa shape index (κ1) is 16.7. The number of aromatic nitrogens is 1. The number of aliphatic carboxylic acids is 1. The number of carbonyl (C=O) groups is 3. The van der Waals surface area contributed by atoms with Crippen LogP contribution < -0.4 is 4.90 Å². The molecule has 0 radical (unpaired) electrons. The summed E-state index contributed by atoms with van der Waals surface area (Å²) in [4.78, 5) is 41.4. The molecule has 0 bridgehead atoms. The Morgan fingerprint density at radius 1 is 1.12 bits per heavy atom. The number of anilines is 1. The Bertz CT molecular complexity index is 1030. The Labute approximate surface area is 156 Å². The van der Waals surface area contributed by atoms with Crippen LogP contribution in [0.1, 0.15) is 27.1 Å². The summed E-state index contributed by atoms with van der Waals surface area (Å²) < 4.78 is 1.61. The SMILES string of the molecule is O=C(O)CCSc1nc2ccc(N3C(=O)c4ccccc4C3=O)cc2s1. The highest BCUT2D eigenvalue weighted by Crippen LogP contribution is 2.35. The van der Waals surface area contributed by atoms with Gasteiger partial charge in [-0.2, -0.15) is 0 Å². The molecule has 8 heteroatoms. The number of imide groups is 1. The van der Waals surface area contributed by atoms with Crippen molar-refractivity contribution in [3.05, 3.63) is 53.6 Å². The second-order valence-corrected chi connectivity index (χ2v) is 7.99. The number of rotatable bonds is 5. The van der Waals surface area contributed by atoms with E-state index in [4.69, 9.17) is 5.11 Å². The van der Waals surface area contributed by atoms with E-state index >= 15 is 0 Å². The van der Waals surface area contributed by atoms with Gasteiger partial charge in [0.05, 0.1) is 33.5 Å². The molecule has 0 saturated heterocycles. The van der Waals surface area contributed by atoms with Gasteiger partial charge >= 0.3 is 5.97 Å². The van der Waals surface area contributed by atoms with Gasteiger partial charge in [-0.3, -0.25) is 14.4 Å². The summed E-state index contributed by atoms with van der Waals surface area (Å²) in [6, 6.07) is 12.0. The Balaban J connectivity index is 1.63. The molecule has 0 fully saturated rings.